The summed E-state index contributed by atoms with van der Waals surface area (Å²) < 4.78 is 5.40. The minimum Gasteiger partial charge on any atom is -0.378 e. The van der Waals surface area contributed by atoms with Gasteiger partial charge in [-0.1, -0.05) is 30.3 Å². The van der Waals surface area contributed by atoms with Crippen molar-refractivity contribution >= 4 is 11.8 Å². The lowest BCUT2D eigenvalue weighted by Crippen LogP contribution is -2.54. The van der Waals surface area contributed by atoms with Crippen molar-refractivity contribution in [3.63, 3.8) is 0 Å². The van der Waals surface area contributed by atoms with E-state index in [0.717, 1.165) is 44.6 Å². The highest BCUT2D eigenvalue weighted by Crippen LogP contribution is 2.32. The first-order valence-electron chi connectivity index (χ1n) is 9.68. The highest BCUT2D eigenvalue weighted by atomic mass is 16.5. The molecule has 1 aliphatic carbocycles. The molecule has 0 bridgehead atoms. The molecule has 2 heterocycles. The second-order valence-corrected chi connectivity index (χ2v) is 7.39. The van der Waals surface area contributed by atoms with Crippen molar-refractivity contribution < 1.29 is 14.3 Å². The average Bonchev–Trinajstić information content (AvgIpc) is 3.55. The Labute approximate surface area is 154 Å². The van der Waals surface area contributed by atoms with E-state index >= 15 is 0 Å². The van der Waals surface area contributed by atoms with Gasteiger partial charge in [-0.05, 0) is 18.4 Å². The van der Waals surface area contributed by atoms with E-state index in [-0.39, 0.29) is 17.9 Å². The fourth-order valence-electron chi connectivity index (χ4n) is 3.89. The summed E-state index contributed by atoms with van der Waals surface area (Å²) in [7, 11) is 0. The topological polar surface area (TPSA) is 53.1 Å². The lowest BCUT2D eigenvalue weighted by atomic mass is 10.0. The van der Waals surface area contributed by atoms with Gasteiger partial charge in [-0.3, -0.25) is 14.5 Å². The molecular weight excluding hydrogens is 330 g/mol. The van der Waals surface area contributed by atoms with Crippen molar-refractivity contribution in [1.29, 1.82) is 0 Å². The predicted octanol–water partition coefficient (Wildman–Crippen LogP) is 1.14. The third kappa shape index (κ3) is 3.76. The number of benzene rings is 1. The molecule has 0 spiro atoms. The molecule has 1 unspecified atom stereocenters. The van der Waals surface area contributed by atoms with Crippen LogP contribution in [-0.2, 0) is 14.3 Å². The van der Waals surface area contributed by atoms with Gasteiger partial charge in [0.1, 0.15) is 6.04 Å². The molecule has 2 aliphatic heterocycles. The molecule has 3 aliphatic rings. The van der Waals surface area contributed by atoms with Gasteiger partial charge in [-0.15, -0.1) is 0 Å². The first-order chi connectivity index (χ1) is 12.7. The molecule has 6 heteroatoms. The molecule has 1 aromatic rings. The Kier molecular flexibility index (Phi) is 5.22. The van der Waals surface area contributed by atoms with Crippen LogP contribution in [-0.4, -0.2) is 79.0 Å². The van der Waals surface area contributed by atoms with Crippen LogP contribution < -0.4 is 0 Å². The van der Waals surface area contributed by atoms with E-state index in [1.807, 2.05) is 40.1 Å². The van der Waals surface area contributed by atoms with Crippen LogP contribution in [0.25, 0.3) is 0 Å². The van der Waals surface area contributed by atoms with Crippen molar-refractivity contribution in [3.8, 4) is 0 Å². The van der Waals surface area contributed by atoms with E-state index in [0.29, 0.717) is 32.2 Å². The molecule has 0 N–H and O–H groups in total. The minimum absolute atomic E-state index is 0.154. The van der Waals surface area contributed by atoms with E-state index in [1.165, 1.54) is 0 Å². The summed E-state index contributed by atoms with van der Waals surface area (Å²) in [5, 5.41) is 0. The van der Waals surface area contributed by atoms with Gasteiger partial charge >= 0.3 is 0 Å². The molecule has 4 rings (SSSR count). The molecule has 3 fully saturated rings. The van der Waals surface area contributed by atoms with Crippen molar-refractivity contribution in [3.05, 3.63) is 35.9 Å². The Morgan fingerprint density at radius 3 is 2.15 bits per heavy atom. The van der Waals surface area contributed by atoms with Gasteiger partial charge < -0.3 is 14.5 Å². The number of nitrogens with zero attached hydrogens (tertiary/aromatic N) is 3. The Balaban J connectivity index is 1.48. The van der Waals surface area contributed by atoms with Gasteiger partial charge in [-0.2, -0.15) is 0 Å². The zero-order valence-corrected chi connectivity index (χ0v) is 15.2. The Bertz CT molecular complexity index is 633. The molecule has 0 aromatic heterocycles. The molecule has 1 saturated carbocycles. The van der Waals surface area contributed by atoms with Gasteiger partial charge in [-0.25, -0.2) is 0 Å². The molecule has 26 heavy (non-hydrogen) atoms. The van der Waals surface area contributed by atoms with Gasteiger partial charge in [0, 0.05) is 45.2 Å². The van der Waals surface area contributed by atoms with Crippen LogP contribution in [0, 0.1) is 5.92 Å². The van der Waals surface area contributed by atoms with Crippen LogP contribution in [0.15, 0.2) is 30.3 Å². The van der Waals surface area contributed by atoms with E-state index in [2.05, 4.69) is 4.90 Å². The van der Waals surface area contributed by atoms with Crippen LogP contribution in [0.1, 0.15) is 24.4 Å². The second-order valence-electron chi connectivity index (χ2n) is 7.39. The number of amides is 2. The first-order valence-corrected chi connectivity index (χ1v) is 9.68. The maximum atomic E-state index is 13.3. The van der Waals surface area contributed by atoms with Crippen molar-refractivity contribution in [1.82, 2.24) is 14.7 Å². The number of morpholine rings is 1. The van der Waals surface area contributed by atoms with Gasteiger partial charge in [0.2, 0.25) is 11.8 Å². The molecular formula is C20H27N3O3. The van der Waals surface area contributed by atoms with Gasteiger partial charge in [0.25, 0.3) is 0 Å². The molecule has 6 nitrogen and oxygen atoms in total. The quantitative estimate of drug-likeness (QED) is 0.811. The summed E-state index contributed by atoms with van der Waals surface area (Å²) in [6.07, 6.45) is 2.09. The third-order valence-electron chi connectivity index (χ3n) is 5.59. The Morgan fingerprint density at radius 2 is 1.54 bits per heavy atom. The smallest absolute Gasteiger partial charge is 0.244 e. The number of hydrogen-bond donors (Lipinski definition) is 0. The summed E-state index contributed by atoms with van der Waals surface area (Å²) >= 11 is 0. The van der Waals surface area contributed by atoms with Crippen LogP contribution >= 0.6 is 0 Å². The second kappa shape index (κ2) is 7.76. The number of carbonyl (C=O) groups is 2. The first kappa shape index (κ1) is 17.5. The lowest BCUT2D eigenvalue weighted by molar-refractivity contribution is -0.143. The fourth-order valence-corrected chi connectivity index (χ4v) is 3.89. The minimum atomic E-state index is -0.271. The summed E-state index contributed by atoms with van der Waals surface area (Å²) in [6.45, 7) is 5.45. The largest absolute Gasteiger partial charge is 0.378 e. The SMILES string of the molecule is O=C(C1CC1)N1CCN(C(C(=O)N2CCOCC2)c2ccccc2)CC1. The molecule has 2 saturated heterocycles. The lowest BCUT2D eigenvalue weighted by Gasteiger charge is -2.41. The Morgan fingerprint density at radius 1 is 0.885 bits per heavy atom. The summed E-state index contributed by atoms with van der Waals surface area (Å²) in [5.74, 6) is 0.725. The van der Waals surface area contributed by atoms with Crippen molar-refractivity contribution in [2.75, 3.05) is 52.5 Å². The highest BCUT2D eigenvalue weighted by molar-refractivity contribution is 5.84. The molecule has 1 atom stereocenters. The predicted molar refractivity (Wildman–Crippen MR) is 97.5 cm³/mol. The highest BCUT2D eigenvalue weighted by Gasteiger charge is 2.38. The molecule has 0 radical (unpaired) electrons. The van der Waals surface area contributed by atoms with Gasteiger partial charge in [0.05, 0.1) is 13.2 Å². The molecule has 140 valence electrons. The monoisotopic (exact) mass is 357 g/mol. The van der Waals surface area contributed by atoms with Crippen LogP contribution in [0.2, 0.25) is 0 Å². The molecule has 1 aromatic carbocycles. The zero-order valence-electron chi connectivity index (χ0n) is 15.2. The normalized spacial score (nSPS) is 22.9. The maximum absolute atomic E-state index is 13.3. The number of ether oxygens (including phenoxy) is 1. The van der Waals surface area contributed by atoms with E-state index < -0.39 is 0 Å². The zero-order chi connectivity index (χ0) is 17.9. The number of piperazine rings is 1. The van der Waals surface area contributed by atoms with E-state index in [1.54, 1.807) is 0 Å². The van der Waals surface area contributed by atoms with E-state index in [4.69, 9.17) is 4.74 Å². The van der Waals surface area contributed by atoms with E-state index in [9.17, 15) is 9.59 Å². The van der Waals surface area contributed by atoms with Crippen LogP contribution in [0.5, 0.6) is 0 Å². The Hall–Kier alpha value is -1.92. The number of hydrogen-bond acceptors (Lipinski definition) is 4. The number of carbonyl (C=O) groups excluding carboxylic acids is 2. The number of rotatable bonds is 4. The summed E-state index contributed by atoms with van der Waals surface area (Å²) in [5.41, 5.74) is 1.03. The summed E-state index contributed by atoms with van der Waals surface area (Å²) in [6, 6.07) is 9.75. The maximum Gasteiger partial charge on any atom is 0.244 e. The average molecular weight is 357 g/mol. The van der Waals surface area contributed by atoms with Crippen molar-refractivity contribution in [2.24, 2.45) is 5.92 Å². The fraction of sp³-hybridized carbons (Fsp3) is 0.600. The van der Waals surface area contributed by atoms with Gasteiger partial charge in [0.15, 0.2) is 0 Å². The molecule has 2 amide bonds. The van der Waals surface area contributed by atoms with Crippen molar-refractivity contribution in [2.45, 2.75) is 18.9 Å². The van der Waals surface area contributed by atoms with Crippen LogP contribution in [0.4, 0.5) is 0 Å². The van der Waals surface area contributed by atoms with Crippen LogP contribution in [0.3, 0.4) is 0 Å². The third-order valence-corrected chi connectivity index (χ3v) is 5.59. The standard InChI is InChI=1S/C20H27N3O3/c24-19(17-6-7-17)22-10-8-21(9-11-22)18(16-4-2-1-3-5-16)20(25)23-12-14-26-15-13-23/h1-5,17-18H,6-15H2. The summed E-state index contributed by atoms with van der Waals surface area (Å²) in [4.78, 5) is 31.7.